The highest BCUT2D eigenvalue weighted by Crippen LogP contribution is 1.99. The molecule has 0 spiro atoms. The Kier molecular flexibility index (Phi) is 15.8. The van der Waals surface area contributed by atoms with Crippen molar-refractivity contribution in [1.29, 1.82) is 0 Å². The van der Waals surface area contributed by atoms with Gasteiger partial charge >= 0.3 is 0 Å². The summed E-state index contributed by atoms with van der Waals surface area (Å²) in [6, 6.07) is 0. The van der Waals surface area contributed by atoms with Gasteiger partial charge in [0.2, 0.25) is 0 Å². The first kappa shape index (κ1) is 16.9. The number of unbranched alkanes of at least 4 members (excludes halogenated alkanes) is 6. The second-order valence-electron chi connectivity index (χ2n) is 4.79. The zero-order valence-electron chi connectivity index (χ0n) is 12.0. The summed E-state index contributed by atoms with van der Waals surface area (Å²) < 4.78 is 0. The molecule has 3 N–H and O–H groups in total. The summed E-state index contributed by atoms with van der Waals surface area (Å²) in [6.45, 7) is 4.74. The highest BCUT2D eigenvalue weighted by molar-refractivity contribution is 4.52. The van der Waals surface area contributed by atoms with Crippen molar-refractivity contribution in [3.05, 3.63) is 0 Å². The van der Waals surface area contributed by atoms with E-state index < -0.39 is 0 Å². The summed E-state index contributed by atoms with van der Waals surface area (Å²) in [5, 5.41) is 9.91. The van der Waals surface area contributed by atoms with Crippen molar-refractivity contribution < 1.29 is 0 Å². The van der Waals surface area contributed by atoms with Crippen molar-refractivity contribution in [2.24, 2.45) is 0 Å². The van der Waals surface area contributed by atoms with Crippen LogP contribution in [0.2, 0.25) is 0 Å². The quantitative estimate of drug-likeness (QED) is 0.409. The normalized spacial score (nSPS) is 10.9. The molecule has 0 amide bonds. The van der Waals surface area contributed by atoms with Gasteiger partial charge in [-0.3, -0.25) is 0 Å². The third-order valence-electron chi connectivity index (χ3n) is 3.06. The Labute approximate surface area is 108 Å². The van der Waals surface area contributed by atoms with Crippen LogP contribution in [0.5, 0.6) is 0 Å². The molecule has 0 aliphatic carbocycles. The second-order valence-corrected chi connectivity index (χ2v) is 4.79. The van der Waals surface area contributed by atoms with Crippen LogP contribution in [0.4, 0.5) is 0 Å². The van der Waals surface area contributed by atoms with Crippen LogP contribution in [0.1, 0.15) is 51.4 Å². The Hall–Kier alpha value is -0.120. The van der Waals surface area contributed by atoms with Gasteiger partial charge in [-0.15, -0.1) is 0 Å². The molecule has 0 saturated carbocycles. The maximum Gasteiger partial charge on any atom is -0.00489 e. The maximum absolute atomic E-state index is 3.54. The van der Waals surface area contributed by atoms with E-state index in [0.717, 1.165) is 0 Å². The van der Waals surface area contributed by atoms with Crippen LogP contribution in [0.15, 0.2) is 0 Å². The van der Waals surface area contributed by atoms with Crippen LogP contribution in [-0.4, -0.2) is 40.3 Å². The number of rotatable bonds is 14. The SMILES string of the molecule is CNCCCCCCNCCCCCCNC. The molecule has 0 unspecified atom stereocenters. The molecule has 0 aliphatic heterocycles. The van der Waals surface area contributed by atoms with E-state index in [1.807, 2.05) is 14.1 Å². The Balaban J connectivity index is 2.85. The largest absolute Gasteiger partial charge is 0.320 e. The first-order chi connectivity index (χ1) is 8.41. The molecular weight excluding hydrogens is 210 g/mol. The third kappa shape index (κ3) is 15.9. The highest BCUT2D eigenvalue weighted by atomic mass is 14.8. The summed E-state index contributed by atoms with van der Waals surface area (Å²) >= 11 is 0. The van der Waals surface area contributed by atoms with Gasteiger partial charge in [0.1, 0.15) is 0 Å². The van der Waals surface area contributed by atoms with Crippen LogP contribution < -0.4 is 16.0 Å². The molecule has 104 valence electrons. The zero-order valence-corrected chi connectivity index (χ0v) is 12.0. The number of hydrogen-bond donors (Lipinski definition) is 3. The molecule has 0 bridgehead atoms. The minimum atomic E-state index is 1.17. The van der Waals surface area contributed by atoms with Crippen molar-refractivity contribution in [1.82, 2.24) is 16.0 Å². The van der Waals surface area contributed by atoms with Gasteiger partial charge in [0.05, 0.1) is 0 Å². The first-order valence-corrected chi connectivity index (χ1v) is 7.41. The Morgan fingerprint density at radius 1 is 0.471 bits per heavy atom. The van der Waals surface area contributed by atoms with E-state index in [2.05, 4.69) is 16.0 Å². The van der Waals surface area contributed by atoms with E-state index in [4.69, 9.17) is 0 Å². The smallest absolute Gasteiger partial charge is 0.00489 e. The minimum Gasteiger partial charge on any atom is -0.320 e. The van der Waals surface area contributed by atoms with Gasteiger partial charge in [-0.05, 0) is 66.0 Å². The predicted octanol–water partition coefficient (Wildman–Crippen LogP) is 2.14. The topological polar surface area (TPSA) is 36.1 Å². The third-order valence-corrected chi connectivity index (χ3v) is 3.06. The van der Waals surface area contributed by atoms with E-state index in [0.29, 0.717) is 0 Å². The maximum atomic E-state index is 3.54. The Bertz CT molecular complexity index is 115. The molecule has 0 radical (unpaired) electrons. The molecule has 0 heterocycles. The molecular formula is C14H33N3. The fourth-order valence-electron chi connectivity index (χ4n) is 1.94. The van der Waals surface area contributed by atoms with Crippen LogP contribution in [0.3, 0.4) is 0 Å². The Morgan fingerprint density at radius 2 is 0.824 bits per heavy atom. The monoisotopic (exact) mass is 243 g/mol. The summed E-state index contributed by atoms with van der Waals surface area (Å²) in [5.74, 6) is 0. The van der Waals surface area contributed by atoms with Crippen LogP contribution in [0.25, 0.3) is 0 Å². The molecule has 0 aromatic carbocycles. The molecule has 3 nitrogen and oxygen atoms in total. The van der Waals surface area contributed by atoms with Crippen molar-refractivity contribution in [2.75, 3.05) is 40.3 Å². The fraction of sp³-hybridized carbons (Fsp3) is 1.00. The van der Waals surface area contributed by atoms with Gasteiger partial charge in [-0.25, -0.2) is 0 Å². The number of nitrogens with one attached hydrogen (secondary N) is 3. The van der Waals surface area contributed by atoms with E-state index in [-0.39, 0.29) is 0 Å². The molecule has 3 heteroatoms. The standard InChI is InChI=1S/C14H33N3/c1-15-11-7-3-5-9-13-17-14-10-6-4-8-12-16-2/h15-17H,3-14H2,1-2H3. The average Bonchev–Trinajstić information content (AvgIpc) is 2.35. The van der Waals surface area contributed by atoms with Crippen LogP contribution >= 0.6 is 0 Å². The van der Waals surface area contributed by atoms with Gasteiger partial charge in [0.25, 0.3) is 0 Å². The second kappa shape index (κ2) is 15.9. The van der Waals surface area contributed by atoms with Gasteiger partial charge in [0.15, 0.2) is 0 Å². The predicted molar refractivity (Wildman–Crippen MR) is 77.7 cm³/mol. The summed E-state index contributed by atoms with van der Waals surface area (Å²) in [5.41, 5.74) is 0. The van der Waals surface area contributed by atoms with Gasteiger partial charge in [-0.2, -0.15) is 0 Å². The molecule has 0 aromatic heterocycles. The Morgan fingerprint density at radius 3 is 1.18 bits per heavy atom. The summed E-state index contributed by atoms with van der Waals surface area (Å²) in [4.78, 5) is 0. The van der Waals surface area contributed by atoms with Gasteiger partial charge < -0.3 is 16.0 Å². The molecule has 0 rings (SSSR count). The molecule has 0 aromatic rings. The van der Waals surface area contributed by atoms with E-state index >= 15 is 0 Å². The number of hydrogen-bond acceptors (Lipinski definition) is 3. The van der Waals surface area contributed by atoms with E-state index in [1.54, 1.807) is 0 Å². The molecule has 17 heavy (non-hydrogen) atoms. The highest BCUT2D eigenvalue weighted by Gasteiger charge is 1.91. The van der Waals surface area contributed by atoms with Crippen LogP contribution in [-0.2, 0) is 0 Å². The van der Waals surface area contributed by atoms with Crippen molar-refractivity contribution in [2.45, 2.75) is 51.4 Å². The summed E-state index contributed by atoms with van der Waals surface area (Å²) in [6.07, 6.45) is 10.8. The van der Waals surface area contributed by atoms with Crippen molar-refractivity contribution >= 4 is 0 Å². The van der Waals surface area contributed by atoms with Gasteiger partial charge in [0, 0.05) is 0 Å². The fourth-order valence-corrected chi connectivity index (χ4v) is 1.94. The van der Waals surface area contributed by atoms with E-state index in [1.165, 1.54) is 77.5 Å². The van der Waals surface area contributed by atoms with Crippen LogP contribution in [0, 0.1) is 0 Å². The molecule has 0 atom stereocenters. The molecule has 0 fully saturated rings. The minimum absolute atomic E-state index is 1.17. The average molecular weight is 243 g/mol. The zero-order chi connectivity index (χ0) is 12.6. The first-order valence-electron chi connectivity index (χ1n) is 7.41. The lowest BCUT2D eigenvalue weighted by Gasteiger charge is -2.05. The van der Waals surface area contributed by atoms with Crippen molar-refractivity contribution in [3.63, 3.8) is 0 Å². The lowest BCUT2D eigenvalue weighted by molar-refractivity contribution is 0.548. The lowest BCUT2D eigenvalue weighted by atomic mass is 10.2. The van der Waals surface area contributed by atoms with E-state index in [9.17, 15) is 0 Å². The van der Waals surface area contributed by atoms with Gasteiger partial charge in [-0.1, -0.05) is 25.7 Å². The van der Waals surface area contributed by atoms with Crippen molar-refractivity contribution in [3.8, 4) is 0 Å². The lowest BCUT2D eigenvalue weighted by Crippen LogP contribution is -2.16. The molecule has 0 saturated heterocycles. The molecule has 0 aliphatic rings. The summed E-state index contributed by atoms with van der Waals surface area (Å²) in [7, 11) is 4.05.